The van der Waals surface area contributed by atoms with Crippen molar-refractivity contribution in [3.63, 3.8) is 0 Å². The summed E-state index contributed by atoms with van der Waals surface area (Å²) in [6, 6.07) is 3.77. The first-order valence-electron chi connectivity index (χ1n) is 5.19. The molecule has 0 amide bonds. The summed E-state index contributed by atoms with van der Waals surface area (Å²) in [5.74, 6) is 0.485. The molecule has 0 aromatic carbocycles. The molecule has 2 rings (SSSR count). The minimum absolute atomic E-state index is 0.328. The number of rotatable bonds is 1. The van der Waals surface area contributed by atoms with Crippen molar-refractivity contribution in [3.8, 4) is 11.4 Å². The summed E-state index contributed by atoms with van der Waals surface area (Å²) in [5.41, 5.74) is 2.51. The monoisotopic (exact) mass is 236 g/mol. The first-order chi connectivity index (χ1) is 7.49. The minimum atomic E-state index is -0.355. The van der Waals surface area contributed by atoms with E-state index in [2.05, 4.69) is 23.8 Å². The number of aromatic nitrogens is 2. The molecule has 1 N–H and O–H groups in total. The van der Waals surface area contributed by atoms with Gasteiger partial charge in [0.25, 0.3) is 0 Å². The molecule has 2 nitrogen and oxygen atoms in total. The number of hydrogen-bond acceptors (Lipinski definition) is 2. The molecular weight excluding hydrogens is 223 g/mol. The third-order valence-electron chi connectivity index (χ3n) is 2.61. The summed E-state index contributed by atoms with van der Waals surface area (Å²) in [5, 5.41) is 0. The number of halogens is 1. The minimum Gasteiger partial charge on any atom is -0.316 e. The highest BCUT2D eigenvalue weighted by atomic mass is 32.1. The van der Waals surface area contributed by atoms with Gasteiger partial charge in [-0.1, -0.05) is 26.1 Å². The van der Waals surface area contributed by atoms with Crippen LogP contribution in [-0.4, -0.2) is 9.97 Å². The first-order valence-corrected chi connectivity index (χ1v) is 5.60. The number of aromatic amines is 1. The summed E-state index contributed by atoms with van der Waals surface area (Å²) in [6.07, 6.45) is 0. The van der Waals surface area contributed by atoms with Crippen molar-refractivity contribution in [3.05, 3.63) is 33.8 Å². The van der Waals surface area contributed by atoms with Crippen molar-refractivity contribution in [1.29, 1.82) is 0 Å². The second kappa shape index (κ2) is 3.94. The molecule has 0 saturated heterocycles. The van der Waals surface area contributed by atoms with Crippen molar-refractivity contribution in [2.75, 3.05) is 0 Å². The molecular formula is C12H13FN2S. The van der Waals surface area contributed by atoms with Crippen LogP contribution in [0.3, 0.4) is 0 Å². The number of H-pyrrole nitrogens is 1. The predicted octanol–water partition coefficient (Wildman–Crippen LogP) is 3.81. The zero-order valence-electron chi connectivity index (χ0n) is 9.47. The molecule has 0 aromatic heterocycles. The van der Waals surface area contributed by atoms with E-state index in [0.29, 0.717) is 21.9 Å². The van der Waals surface area contributed by atoms with Crippen LogP contribution in [0.4, 0.5) is 4.39 Å². The maximum Gasteiger partial charge on any atom is 0.195 e. The van der Waals surface area contributed by atoms with Crippen LogP contribution in [0.2, 0.25) is 0 Å². The number of hydrogen-bond donors (Lipinski definition) is 1. The summed E-state index contributed by atoms with van der Waals surface area (Å²) in [6.45, 7) is 5.86. The van der Waals surface area contributed by atoms with Crippen LogP contribution in [-0.2, 0) is 0 Å². The van der Waals surface area contributed by atoms with E-state index in [-0.39, 0.29) is 5.95 Å². The summed E-state index contributed by atoms with van der Waals surface area (Å²) < 4.78 is 13.9. The fourth-order valence-corrected chi connectivity index (χ4v) is 2.04. The van der Waals surface area contributed by atoms with Gasteiger partial charge in [-0.15, -0.1) is 0 Å². The standard InChI is InChI=1S/C12H13FN2S/c1-6(2)9-5-8-4-7(3)10(13)14-11(8)15-12(9)16/h4-6H,1-3H3,(H,14,15,16). The highest BCUT2D eigenvalue weighted by Crippen LogP contribution is 2.25. The Balaban J connectivity index is 2.76. The quantitative estimate of drug-likeness (QED) is 0.602. The Labute approximate surface area is 98.9 Å². The van der Waals surface area contributed by atoms with Gasteiger partial charge in [0.05, 0.1) is 0 Å². The van der Waals surface area contributed by atoms with Gasteiger partial charge in [-0.05, 0) is 30.5 Å². The lowest BCUT2D eigenvalue weighted by molar-refractivity contribution is 0.573. The van der Waals surface area contributed by atoms with E-state index in [4.69, 9.17) is 12.2 Å². The average molecular weight is 236 g/mol. The summed E-state index contributed by atoms with van der Waals surface area (Å²) in [7, 11) is 0. The number of fused-ring (bicyclic) bond motifs is 1. The molecule has 2 aliphatic heterocycles. The van der Waals surface area contributed by atoms with Gasteiger partial charge in [-0.25, -0.2) is 4.98 Å². The van der Waals surface area contributed by atoms with Crippen LogP contribution in [0.1, 0.15) is 30.9 Å². The largest absolute Gasteiger partial charge is 0.316 e. The van der Waals surface area contributed by atoms with Gasteiger partial charge in [0, 0.05) is 11.1 Å². The molecule has 4 heteroatoms. The topological polar surface area (TPSA) is 28.7 Å². The van der Waals surface area contributed by atoms with E-state index in [0.717, 1.165) is 11.1 Å². The highest BCUT2D eigenvalue weighted by Gasteiger charge is 2.12. The van der Waals surface area contributed by atoms with Crippen LogP contribution >= 0.6 is 12.2 Å². The Morgan fingerprint density at radius 1 is 1.38 bits per heavy atom. The fraction of sp³-hybridized carbons (Fsp3) is 0.333. The maximum absolute atomic E-state index is 13.3. The van der Waals surface area contributed by atoms with Crippen LogP contribution in [0.5, 0.6) is 0 Å². The maximum atomic E-state index is 13.3. The Hall–Kier alpha value is -1.29. The van der Waals surface area contributed by atoms with Crippen LogP contribution in [0.15, 0.2) is 12.1 Å². The molecule has 0 fully saturated rings. The van der Waals surface area contributed by atoms with E-state index >= 15 is 0 Å². The number of aryl methyl sites for hydroxylation is 1. The lowest BCUT2D eigenvalue weighted by atomic mass is 10.0. The molecule has 2 heterocycles. The number of nitrogens with zero attached hydrogens (tertiary/aromatic N) is 1. The summed E-state index contributed by atoms with van der Waals surface area (Å²) >= 11 is 5.18. The van der Waals surface area contributed by atoms with E-state index in [9.17, 15) is 4.39 Å². The second-order valence-corrected chi connectivity index (χ2v) is 4.63. The molecule has 0 unspecified atom stereocenters. The van der Waals surface area contributed by atoms with Crippen molar-refractivity contribution >= 4 is 12.2 Å². The number of nitrogens with one attached hydrogen (secondary N) is 1. The van der Waals surface area contributed by atoms with Crippen LogP contribution in [0.25, 0.3) is 11.4 Å². The normalized spacial score (nSPS) is 11.3. The van der Waals surface area contributed by atoms with Gasteiger partial charge in [0.15, 0.2) is 5.95 Å². The molecule has 84 valence electrons. The van der Waals surface area contributed by atoms with Gasteiger partial charge in [0.2, 0.25) is 0 Å². The lowest BCUT2D eigenvalue weighted by Crippen LogP contribution is -2.01. The molecule has 0 atom stereocenters. The molecule has 2 aliphatic rings. The van der Waals surface area contributed by atoms with Crippen molar-refractivity contribution in [2.45, 2.75) is 26.7 Å². The smallest absolute Gasteiger partial charge is 0.195 e. The summed E-state index contributed by atoms with van der Waals surface area (Å²) in [4.78, 5) is 6.84. The zero-order chi connectivity index (χ0) is 11.9. The van der Waals surface area contributed by atoms with Gasteiger partial charge in [-0.2, -0.15) is 4.39 Å². The third-order valence-corrected chi connectivity index (χ3v) is 2.94. The molecule has 0 saturated carbocycles. The van der Waals surface area contributed by atoms with Gasteiger partial charge >= 0.3 is 0 Å². The van der Waals surface area contributed by atoms with Crippen LogP contribution < -0.4 is 0 Å². The van der Waals surface area contributed by atoms with Gasteiger partial charge in [-0.3, -0.25) is 0 Å². The molecule has 0 aromatic rings. The van der Waals surface area contributed by atoms with E-state index in [1.165, 1.54) is 0 Å². The highest BCUT2D eigenvalue weighted by molar-refractivity contribution is 7.71. The Kier molecular flexibility index (Phi) is 2.76. The molecule has 0 spiro atoms. The lowest BCUT2D eigenvalue weighted by Gasteiger charge is -2.11. The van der Waals surface area contributed by atoms with Crippen LogP contribution in [0, 0.1) is 17.5 Å². The Morgan fingerprint density at radius 2 is 2.06 bits per heavy atom. The van der Waals surface area contributed by atoms with Crippen molar-refractivity contribution in [2.24, 2.45) is 0 Å². The Morgan fingerprint density at radius 3 is 2.69 bits per heavy atom. The Bertz CT molecular complexity index is 560. The van der Waals surface area contributed by atoms with Crippen molar-refractivity contribution < 1.29 is 4.39 Å². The molecule has 0 aliphatic carbocycles. The first kappa shape index (κ1) is 11.2. The van der Waals surface area contributed by atoms with E-state index < -0.39 is 0 Å². The predicted molar refractivity (Wildman–Crippen MR) is 64.8 cm³/mol. The fourth-order valence-electron chi connectivity index (χ4n) is 1.65. The molecule has 0 bridgehead atoms. The molecule has 16 heavy (non-hydrogen) atoms. The van der Waals surface area contributed by atoms with E-state index in [1.807, 2.05) is 6.07 Å². The van der Waals surface area contributed by atoms with Gasteiger partial charge in [0.1, 0.15) is 10.5 Å². The van der Waals surface area contributed by atoms with Gasteiger partial charge < -0.3 is 4.98 Å². The molecule has 0 radical (unpaired) electrons. The third kappa shape index (κ3) is 1.85. The van der Waals surface area contributed by atoms with E-state index in [1.54, 1.807) is 13.0 Å². The average Bonchev–Trinajstić information content (AvgIpc) is 2.19. The zero-order valence-corrected chi connectivity index (χ0v) is 10.3. The second-order valence-electron chi connectivity index (χ2n) is 4.24. The SMILES string of the molecule is Cc1cc2cc(C(C)C)c(=S)nc-2[nH]c1F. The number of pyridine rings is 2. The van der Waals surface area contributed by atoms with Crippen molar-refractivity contribution in [1.82, 2.24) is 9.97 Å².